The lowest BCUT2D eigenvalue weighted by molar-refractivity contribution is -0.143. The van der Waals surface area contributed by atoms with E-state index in [1.807, 2.05) is 12.1 Å². The van der Waals surface area contributed by atoms with Crippen molar-refractivity contribution in [1.29, 1.82) is 0 Å². The van der Waals surface area contributed by atoms with Crippen molar-refractivity contribution in [3.8, 4) is 5.88 Å². The zero-order chi connectivity index (χ0) is 15.9. The molecule has 22 heavy (non-hydrogen) atoms. The van der Waals surface area contributed by atoms with E-state index >= 15 is 0 Å². The van der Waals surface area contributed by atoms with Crippen molar-refractivity contribution < 1.29 is 19.4 Å². The summed E-state index contributed by atoms with van der Waals surface area (Å²) in [4.78, 5) is 28.7. The highest BCUT2D eigenvalue weighted by Gasteiger charge is 2.26. The smallest absolute Gasteiger partial charge is 0.317 e. The highest BCUT2D eigenvalue weighted by atomic mass is 16.5. The molecule has 0 unspecified atom stereocenters. The van der Waals surface area contributed by atoms with Crippen LogP contribution >= 0.6 is 0 Å². The van der Waals surface area contributed by atoms with Gasteiger partial charge in [0.2, 0.25) is 5.88 Å². The van der Waals surface area contributed by atoms with Crippen molar-refractivity contribution in [3.63, 3.8) is 0 Å². The monoisotopic (exact) mass is 307 g/mol. The number of urea groups is 1. The quantitative estimate of drug-likeness (QED) is 0.851. The average molecular weight is 307 g/mol. The summed E-state index contributed by atoms with van der Waals surface area (Å²) < 4.78 is 5.16. The molecule has 0 saturated carbocycles. The number of methoxy groups -OCH3 is 1. The van der Waals surface area contributed by atoms with Crippen LogP contribution in [0.5, 0.6) is 5.88 Å². The minimum atomic E-state index is -0.774. The molecule has 1 aliphatic rings. The molecule has 0 radical (unpaired) electrons. The molecule has 1 aliphatic heterocycles. The fraction of sp³-hybridized carbons (Fsp3) is 0.533. The fourth-order valence-corrected chi connectivity index (χ4v) is 2.54. The van der Waals surface area contributed by atoms with Gasteiger partial charge in [-0.15, -0.1) is 0 Å². The Kier molecular flexibility index (Phi) is 5.57. The lowest BCUT2D eigenvalue weighted by Gasteiger charge is -2.30. The van der Waals surface area contributed by atoms with E-state index in [2.05, 4.69) is 10.3 Å². The Labute approximate surface area is 129 Å². The third-order valence-corrected chi connectivity index (χ3v) is 3.85. The van der Waals surface area contributed by atoms with Crippen LogP contribution in [0.2, 0.25) is 0 Å². The lowest BCUT2D eigenvalue weighted by atomic mass is 9.97. The number of nitrogens with zero attached hydrogens (tertiary/aromatic N) is 2. The van der Waals surface area contributed by atoms with Crippen LogP contribution < -0.4 is 10.1 Å². The molecule has 2 heterocycles. The number of ether oxygens (including phenoxy) is 1. The minimum Gasteiger partial charge on any atom is -0.481 e. The number of hydrogen-bond acceptors (Lipinski definition) is 4. The van der Waals surface area contributed by atoms with Gasteiger partial charge in [-0.05, 0) is 25.3 Å². The Morgan fingerprint density at radius 2 is 2.18 bits per heavy atom. The Hall–Kier alpha value is -2.31. The molecule has 0 aliphatic carbocycles. The first-order valence-corrected chi connectivity index (χ1v) is 7.35. The number of amides is 2. The van der Waals surface area contributed by atoms with Gasteiger partial charge in [0.1, 0.15) is 0 Å². The van der Waals surface area contributed by atoms with Crippen molar-refractivity contribution in [3.05, 3.63) is 23.9 Å². The Morgan fingerprint density at radius 1 is 1.45 bits per heavy atom. The fourth-order valence-electron chi connectivity index (χ4n) is 2.54. The van der Waals surface area contributed by atoms with Crippen LogP contribution in [0.1, 0.15) is 18.4 Å². The van der Waals surface area contributed by atoms with E-state index in [-0.39, 0.29) is 11.9 Å². The summed E-state index contributed by atoms with van der Waals surface area (Å²) in [6.07, 6.45) is 3.32. The maximum absolute atomic E-state index is 12.0. The number of carboxylic acids is 1. The van der Waals surface area contributed by atoms with Gasteiger partial charge in [0.25, 0.3) is 0 Å². The number of likely N-dealkylation sites (tertiary alicyclic amines) is 1. The standard InChI is InChI=1S/C15H21N3O4/c1-22-13-11(3-2-7-16-13)4-8-17-15(21)18-9-5-12(6-10-18)14(19)20/h2-3,7,12H,4-6,8-10H2,1H3,(H,17,21)(H,19,20). The maximum Gasteiger partial charge on any atom is 0.317 e. The summed E-state index contributed by atoms with van der Waals surface area (Å²) >= 11 is 0. The van der Waals surface area contributed by atoms with Gasteiger partial charge in [-0.1, -0.05) is 6.07 Å². The average Bonchev–Trinajstić information content (AvgIpc) is 2.55. The van der Waals surface area contributed by atoms with Crippen LogP contribution in [0.15, 0.2) is 18.3 Å². The van der Waals surface area contributed by atoms with Gasteiger partial charge in [0.05, 0.1) is 13.0 Å². The van der Waals surface area contributed by atoms with Crippen molar-refractivity contribution >= 4 is 12.0 Å². The van der Waals surface area contributed by atoms with Gasteiger partial charge in [0.15, 0.2) is 0 Å². The molecule has 1 aromatic heterocycles. The van der Waals surface area contributed by atoms with Crippen molar-refractivity contribution in [1.82, 2.24) is 15.2 Å². The third-order valence-electron chi connectivity index (χ3n) is 3.85. The van der Waals surface area contributed by atoms with Crippen LogP contribution in [0.25, 0.3) is 0 Å². The SMILES string of the molecule is COc1ncccc1CCNC(=O)N1CCC(C(=O)O)CC1. The molecule has 7 nitrogen and oxygen atoms in total. The van der Waals surface area contributed by atoms with E-state index in [1.54, 1.807) is 18.2 Å². The van der Waals surface area contributed by atoms with E-state index in [0.717, 1.165) is 5.56 Å². The predicted octanol–water partition coefficient (Wildman–Crippen LogP) is 1.14. The van der Waals surface area contributed by atoms with Crippen molar-refractivity contribution in [2.24, 2.45) is 5.92 Å². The van der Waals surface area contributed by atoms with Gasteiger partial charge in [-0.2, -0.15) is 0 Å². The highest BCUT2D eigenvalue weighted by Crippen LogP contribution is 2.17. The molecular formula is C15H21N3O4. The topological polar surface area (TPSA) is 91.8 Å². The van der Waals surface area contributed by atoms with E-state index in [1.165, 1.54) is 0 Å². The second kappa shape index (κ2) is 7.63. The zero-order valence-corrected chi connectivity index (χ0v) is 12.6. The zero-order valence-electron chi connectivity index (χ0n) is 12.6. The number of piperidine rings is 1. The van der Waals surface area contributed by atoms with Crippen LogP contribution in [0.3, 0.4) is 0 Å². The van der Waals surface area contributed by atoms with Gasteiger partial charge in [-0.3, -0.25) is 4.79 Å². The number of hydrogen-bond donors (Lipinski definition) is 2. The molecular weight excluding hydrogens is 286 g/mol. The van der Waals surface area contributed by atoms with Crippen LogP contribution in [-0.4, -0.2) is 53.7 Å². The van der Waals surface area contributed by atoms with Gasteiger partial charge in [0, 0.05) is 31.4 Å². The van der Waals surface area contributed by atoms with Gasteiger partial charge in [-0.25, -0.2) is 9.78 Å². The van der Waals surface area contributed by atoms with Crippen molar-refractivity contribution in [2.75, 3.05) is 26.7 Å². The number of rotatable bonds is 5. The number of carboxylic acid groups (broad SMARTS) is 1. The second-order valence-corrected chi connectivity index (χ2v) is 5.25. The molecule has 0 spiro atoms. The number of carbonyl (C=O) groups excluding carboxylic acids is 1. The third kappa shape index (κ3) is 4.09. The lowest BCUT2D eigenvalue weighted by Crippen LogP contribution is -2.45. The molecule has 1 saturated heterocycles. The number of carbonyl (C=O) groups is 2. The summed E-state index contributed by atoms with van der Waals surface area (Å²) in [5.41, 5.74) is 0.940. The van der Waals surface area contributed by atoms with E-state index in [4.69, 9.17) is 9.84 Å². The Morgan fingerprint density at radius 3 is 2.82 bits per heavy atom. The first kappa shape index (κ1) is 16.1. The molecule has 1 aromatic rings. The van der Waals surface area contributed by atoms with E-state index in [9.17, 15) is 9.59 Å². The molecule has 2 rings (SSSR count). The summed E-state index contributed by atoms with van der Waals surface area (Å²) in [5.74, 6) is -0.536. The molecule has 7 heteroatoms. The van der Waals surface area contributed by atoms with Gasteiger partial charge < -0.3 is 20.1 Å². The molecule has 2 N–H and O–H groups in total. The van der Waals surface area contributed by atoms with E-state index < -0.39 is 5.97 Å². The second-order valence-electron chi connectivity index (χ2n) is 5.25. The Balaban J connectivity index is 1.75. The Bertz CT molecular complexity index is 527. The summed E-state index contributed by atoms with van der Waals surface area (Å²) in [7, 11) is 1.57. The number of aliphatic carboxylic acids is 1. The molecule has 0 atom stereocenters. The van der Waals surface area contributed by atoms with Crippen LogP contribution in [-0.2, 0) is 11.2 Å². The maximum atomic E-state index is 12.0. The molecule has 1 fully saturated rings. The summed E-state index contributed by atoms with van der Waals surface area (Å²) in [6.45, 7) is 1.46. The number of nitrogens with one attached hydrogen (secondary N) is 1. The molecule has 2 amide bonds. The molecule has 0 aromatic carbocycles. The first-order valence-electron chi connectivity index (χ1n) is 7.35. The summed E-state index contributed by atoms with van der Waals surface area (Å²) in [5, 5.41) is 11.8. The normalized spacial score (nSPS) is 15.4. The predicted molar refractivity (Wildman–Crippen MR) is 79.8 cm³/mol. The highest BCUT2D eigenvalue weighted by molar-refractivity contribution is 5.75. The van der Waals surface area contributed by atoms with Crippen LogP contribution in [0.4, 0.5) is 4.79 Å². The molecule has 120 valence electrons. The van der Waals surface area contributed by atoms with Gasteiger partial charge >= 0.3 is 12.0 Å². The van der Waals surface area contributed by atoms with E-state index in [0.29, 0.717) is 44.8 Å². The van der Waals surface area contributed by atoms with Crippen LogP contribution in [0, 0.1) is 5.92 Å². The molecule has 0 bridgehead atoms. The number of aromatic nitrogens is 1. The first-order chi connectivity index (χ1) is 10.6. The number of pyridine rings is 1. The largest absolute Gasteiger partial charge is 0.481 e. The summed E-state index contributed by atoms with van der Waals surface area (Å²) in [6, 6.07) is 3.60. The van der Waals surface area contributed by atoms with Crippen molar-refractivity contribution in [2.45, 2.75) is 19.3 Å². The minimum absolute atomic E-state index is 0.147.